The molecule has 2 atom stereocenters. The highest BCUT2D eigenvalue weighted by Crippen LogP contribution is 2.19. The van der Waals surface area contributed by atoms with Crippen molar-refractivity contribution in [2.45, 2.75) is 25.8 Å². The molecule has 2 aromatic rings. The summed E-state index contributed by atoms with van der Waals surface area (Å²) in [4.78, 5) is 18.3. The molecule has 3 rings (SSSR count). The zero-order chi connectivity index (χ0) is 16.9. The zero-order valence-electron chi connectivity index (χ0n) is 13.9. The minimum atomic E-state index is -0.0875. The molecule has 0 aliphatic carbocycles. The quantitative estimate of drug-likeness (QED) is 0.905. The number of nitrogens with zero attached hydrogens (tertiary/aromatic N) is 3. The standard InChI is InChI=1S/C18H24N4O2/c1-14(20-18(24)21-8-3-4-15(11-21)12-23)16-5-2-6-17(10-16)22-9-7-19-13-22/h2,5-7,9-10,13-15,23H,3-4,8,11-12H2,1H3,(H,20,24)/t14-,15+/m0/s1. The molecule has 0 unspecified atom stereocenters. The Hall–Kier alpha value is -2.34. The average molecular weight is 328 g/mol. The number of benzene rings is 1. The van der Waals surface area contributed by atoms with E-state index in [0.717, 1.165) is 30.6 Å². The van der Waals surface area contributed by atoms with E-state index >= 15 is 0 Å². The summed E-state index contributed by atoms with van der Waals surface area (Å²) in [6.07, 6.45) is 7.33. The predicted molar refractivity (Wildman–Crippen MR) is 91.9 cm³/mol. The summed E-state index contributed by atoms with van der Waals surface area (Å²) in [5.74, 6) is 0.198. The molecule has 128 valence electrons. The van der Waals surface area contributed by atoms with Gasteiger partial charge < -0.3 is 19.9 Å². The molecule has 1 saturated heterocycles. The van der Waals surface area contributed by atoms with Crippen molar-refractivity contribution in [1.82, 2.24) is 19.8 Å². The predicted octanol–water partition coefficient (Wildman–Crippen LogP) is 2.35. The van der Waals surface area contributed by atoms with Crippen LogP contribution in [-0.4, -0.2) is 45.3 Å². The van der Waals surface area contributed by atoms with Gasteiger partial charge in [-0.2, -0.15) is 0 Å². The Labute approximate surface area is 142 Å². The van der Waals surface area contributed by atoms with E-state index in [1.54, 1.807) is 17.4 Å². The van der Waals surface area contributed by atoms with E-state index < -0.39 is 0 Å². The molecule has 1 aromatic heterocycles. The summed E-state index contributed by atoms with van der Waals surface area (Å²) in [6, 6.07) is 7.91. The fourth-order valence-corrected chi connectivity index (χ4v) is 3.12. The smallest absolute Gasteiger partial charge is 0.317 e. The van der Waals surface area contributed by atoms with Crippen LogP contribution in [0.5, 0.6) is 0 Å². The van der Waals surface area contributed by atoms with Gasteiger partial charge in [-0.3, -0.25) is 0 Å². The molecule has 2 amide bonds. The Morgan fingerprint density at radius 3 is 3.12 bits per heavy atom. The number of aromatic nitrogens is 2. The molecule has 24 heavy (non-hydrogen) atoms. The summed E-state index contributed by atoms with van der Waals surface area (Å²) in [7, 11) is 0. The fourth-order valence-electron chi connectivity index (χ4n) is 3.12. The van der Waals surface area contributed by atoms with Crippen LogP contribution in [-0.2, 0) is 0 Å². The van der Waals surface area contributed by atoms with Gasteiger partial charge in [-0.15, -0.1) is 0 Å². The maximum absolute atomic E-state index is 12.5. The molecule has 0 saturated carbocycles. The second-order valence-corrected chi connectivity index (χ2v) is 6.37. The summed E-state index contributed by atoms with van der Waals surface area (Å²) in [6.45, 7) is 3.51. The van der Waals surface area contributed by atoms with Crippen LogP contribution < -0.4 is 5.32 Å². The molecular weight excluding hydrogens is 304 g/mol. The molecule has 2 heterocycles. The average Bonchev–Trinajstić information content (AvgIpc) is 3.16. The largest absolute Gasteiger partial charge is 0.396 e. The van der Waals surface area contributed by atoms with Gasteiger partial charge in [0.1, 0.15) is 0 Å². The maximum atomic E-state index is 12.5. The number of likely N-dealkylation sites (tertiary alicyclic amines) is 1. The van der Waals surface area contributed by atoms with Crippen molar-refractivity contribution in [3.8, 4) is 5.69 Å². The van der Waals surface area contributed by atoms with E-state index in [1.165, 1.54) is 0 Å². The summed E-state index contributed by atoms with van der Waals surface area (Å²) < 4.78 is 1.94. The highest BCUT2D eigenvalue weighted by Gasteiger charge is 2.24. The molecule has 1 aliphatic rings. The van der Waals surface area contributed by atoms with Crippen molar-refractivity contribution in [2.24, 2.45) is 5.92 Å². The van der Waals surface area contributed by atoms with Gasteiger partial charge >= 0.3 is 6.03 Å². The first-order valence-electron chi connectivity index (χ1n) is 8.42. The second kappa shape index (κ2) is 7.49. The third kappa shape index (κ3) is 3.76. The number of piperidine rings is 1. The number of aliphatic hydroxyl groups is 1. The van der Waals surface area contributed by atoms with E-state index in [4.69, 9.17) is 0 Å². The highest BCUT2D eigenvalue weighted by molar-refractivity contribution is 5.74. The van der Waals surface area contributed by atoms with Crippen molar-refractivity contribution in [2.75, 3.05) is 19.7 Å². The number of rotatable bonds is 4. The fraction of sp³-hybridized carbons (Fsp3) is 0.444. The summed E-state index contributed by atoms with van der Waals surface area (Å²) in [5, 5.41) is 12.4. The number of carbonyl (C=O) groups excluding carboxylic acids is 1. The van der Waals surface area contributed by atoms with Crippen molar-refractivity contribution in [1.29, 1.82) is 0 Å². The molecule has 0 spiro atoms. The zero-order valence-corrected chi connectivity index (χ0v) is 13.9. The molecular formula is C18H24N4O2. The van der Waals surface area contributed by atoms with Crippen LogP contribution >= 0.6 is 0 Å². The molecule has 6 nitrogen and oxygen atoms in total. The van der Waals surface area contributed by atoms with Gasteiger partial charge in [-0.05, 0) is 43.4 Å². The highest BCUT2D eigenvalue weighted by atomic mass is 16.3. The number of imidazole rings is 1. The van der Waals surface area contributed by atoms with Crippen LogP contribution in [0.15, 0.2) is 43.0 Å². The van der Waals surface area contributed by atoms with Gasteiger partial charge in [0.15, 0.2) is 0 Å². The van der Waals surface area contributed by atoms with Crippen LogP contribution in [0.25, 0.3) is 5.69 Å². The normalized spacial score (nSPS) is 19.1. The molecule has 1 aliphatic heterocycles. The Kier molecular flexibility index (Phi) is 5.15. The van der Waals surface area contributed by atoms with E-state index in [0.29, 0.717) is 6.54 Å². The third-order valence-electron chi connectivity index (χ3n) is 4.58. The van der Waals surface area contributed by atoms with Gasteiger partial charge in [0, 0.05) is 37.8 Å². The van der Waals surface area contributed by atoms with Crippen LogP contribution in [0.1, 0.15) is 31.4 Å². The first kappa shape index (κ1) is 16.5. The number of nitrogens with one attached hydrogen (secondary N) is 1. The van der Waals surface area contributed by atoms with Gasteiger partial charge in [0.25, 0.3) is 0 Å². The van der Waals surface area contributed by atoms with E-state index in [9.17, 15) is 9.90 Å². The van der Waals surface area contributed by atoms with Gasteiger partial charge in [0.05, 0.1) is 12.4 Å². The molecule has 1 fully saturated rings. The number of urea groups is 1. The Morgan fingerprint density at radius 1 is 1.50 bits per heavy atom. The lowest BCUT2D eigenvalue weighted by Crippen LogP contribution is -2.46. The lowest BCUT2D eigenvalue weighted by molar-refractivity contribution is 0.128. The van der Waals surface area contributed by atoms with Gasteiger partial charge in [-0.25, -0.2) is 9.78 Å². The van der Waals surface area contributed by atoms with Crippen molar-refractivity contribution < 1.29 is 9.90 Å². The lowest BCUT2D eigenvalue weighted by atomic mass is 9.99. The van der Waals surface area contributed by atoms with Crippen LogP contribution in [0.4, 0.5) is 4.79 Å². The number of amides is 2. The SMILES string of the molecule is C[C@H](NC(=O)N1CCC[C@@H](CO)C1)c1cccc(-n2ccnc2)c1. The summed E-state index contributed by atoms with van der Waals surface area (Å²) in [5.41, 5.74) is 2.06. The van der Waals surface area contributed by atoms with Gasteiger partial charge in [-0.1, -0.05) is 12.1 Å². The van der Waals surface area contributed by atoms with Crippen molar-refractivity contribution in [3.63, 3.8) is 0 Å². The topological polar surface area (TPSA) is 70.4 Å². The molecule has 1 aromatic carbocycles. The maximum Gasteiger partial charge on any atom is 0.317 e. The number of hydrogen-bond donors (Lipinski definition) is 2. The van der Waals surface area contributed by atoms with Crippen molar-refractivity contribution >= 4 is 6.03 Å². The van der Waals surface area contributed by atoms with Gasteiger partial charge in [0.2, 0.25) is 0 Å². The minimum absolute atomic E-state index is 0.0614. The number of hydrogen-bond acceptors (Lipinski definition) is 3. The van der Waals surface area contributed by atoms with Crippen LogP contribution in [0.2, 0.25) is 0 Å². The third-order valence-corrected chi connectivity index (χ3v) is 4.58. The Morgan fingerprint density at radius 2 is 2.38 bits per heavy atom. The molecule has 0 bridgehead atoms. The lowest BCUT2D eigenvalue weighted by Gasteiger charge is -2.32. The molecule has 2 N–H and O–H groups in total. The van der Waals surface area contributed by atoms with Crippen LogP contribution in [0, 0.1) is 5.92 Å². The Balaban J connectivity index is 1.65. The summed E-state index contributed by atoms with van der Waals surface area (Å²) >= 11 is 0. The number of aliphatic hydroxyl groups excluding tert-OH is 1. The van der Waals surface area contributed by atoms with Crippen molar-refractivity contribution in [3.05, 3.63) is 48.5 Å². The molecule has 0 radical (unpaired) electrons. The number of carbonyl (C=O) groups is 1. The molecule has 6 heteroatoms. The second-order valence-electron chi connectivity index (χ2n) is 6.37. The minimum Gasteiger partial charge on any atom is -0.396 e. The van der Waals surface area contributed by atoms with Crippen LogP contribution in [0.3, 0.4) is 0 Å². The first-order chi connectivity index (χ1) is 11.7. The first-order valence-corrected chi connectivity index (χ1v) is 8.42. The van der Waals surface area contributed by atoms with E-state index in [2.05, 4.69) is 16.4 Å². The Bertz CT molecular complexity index is 671. The monoisotopic (exact) mass is 328 g/mol. The van der Waals surface area contributed by atoms with E-state index in [-0.39, 0.29) is 24.6 Å². The van der Waals surface area contributed by atoms with E-state index in [1.807, 2.05) is 35.9 Å².